The molecule has 5 nitrogen and oxygen atoms in total. The predicted octanol–water partition coefficient (Wildman–Crippen LogP) is 2.00. The van der Waals surface area contributed by atoms with E-state index in [1.807, 2.05) is 6.07 Å². The molecular weight excluding hydrogens is 254 g/mol. The number of hydrogen-bond acceptors (Lipinski definition) is 4. The average molecular weight is 273 g/mol. The van der Waals surface area contributed by atoms with E-state index in [0.29, 0.717) is 24.2 Å². The van der Waals surface area contributed by atoms with Crippen LogP contribution in [-0.2, 0) is 11.3 Å². The molecule has 0 bridgehead atoms. The van der Waals surface area contributed by atoms with Crippen molar-refractivity contribution in [3.05, 3.63) is 35.0 Å². The summed E-state index contributed by atoms with van der Waals surface area (Å²) in [6, 6.07) is 3.61. The monoisotopic (exact) mass is 273 g/mol. The smallest absolute Gasteiger partial charge is 0.279 e. The fourth-order valence-corrected chi connectivity index (χ4v) is 3.24. The van der Waals surface area contributed by atoms with Crippen molar-refractivity contribution in [2.24, 2.45) is 5.41 Å². The van der Waals surface area contributed by atoms with E-state index >= 15 is 0 Å². The lowest BCUT2D eigenvalue weighted by Gasteiger charge is -2.28. The van der Waals surface area contributed by atoms with Gasteiger partial charge in [0.2, 0.25) is 0 Å². The summed E-state index contributed by atoms with van der Waals surface area (Å²) in [7, 11) is 1.73. The molecule has 0 spiro atoms. The van der Waals surface area contributed by atoms with Gasteiger partial charge in [-0.15, -0.1) is 0 Å². The maximum Gasteiger partial charge on any atom is 0.279 e. The van der Waals surface area contributed by atoms with E-state index in [4.69, 9.17) is 4.74 Å². The molecule has 0 radical (unpaired) electrons. The molecule has 1 aliphatic carbocycles. The molecule has 1 fully saturated rings. The molecule has 2 aromatic rings. The third-order valence-corrected chi connectivity index (χ3v) is 4.21. The first-order valence-corrected chi connectivity index (χ1v) is 7.03. The molecule has 1 saturated carbocycles. The maximum absolute atomic E-state index is 12.5. The molecule has 0 unspecified atom stereocenters. The minimum atomic E-state index is -0.0574. The minimum absolute atomic E-state index is 0.0574. The van der Waals surface area contributed by atoms with Crippen LogP contribution in [0.1, 0.15) is 25.7 Å². The number of ether oxygens (including phenoxy) is 1. The summed E-state index contributed by atoms with van der Waals surface area (Å²) in [5.74, 6) is 0. The van der Waals surface area contributed by atoms with Crippen LogP contribution in [0.5, 0.6) is 0 Å². The van der Waals surface area contributed by atoms with E-state index in [2.05, 4.69) is 9.97 Å². The number of nitrogens with zero attached hydrogens (tertiary/aromatic N) is 3. The number of pyridine rings is 1. The second kappa shape index (κ2) is 5.32. The van der Waals surface area contributed by atoms with Crippen LogP contribution in [0.25, 0.3) is 11.0 Å². The van der Waals surface area contributed by atoms with Crippen molar-refractivity contribution >= 4 is 11.0 Å². The van der Waals surface area contributed by atoms with E-state index < -0.39 is 0 Å². The van der Waals surface area contributed by atoms with Gasteiger partial charge in [-0.1, -0.05) is 12.8 Å². The molecule has 0 saturated heterocycles. The molecule has 5 heteroatoms. The molecule has 0 aromatic carbocycles. The van der Waals surface area contributed by atoms with Gasteiger partial charge in [-0.25, -0.2) is 9.97 Å². The van der Waals surface area contributed by atoms with Crippen LogP contribution in [0, 0.1) is 5.41 Å². The fraction of sp³-hybridized carbons (Fsp3) is 0.533. The lowest BCUT2D eigenvalue weighted by Crippen LogP contribution is -2.34. The standard InChI is InChI=1S/C15H19N3O2/c1-20-10-15(6-2-3-7-15)9-18-11-17-12-5-4-8-16-13(12)14(18)19/h4-5,8,11H,2-3,6-7,9-10H2,1H3. The number of fused-ring (bicyclic) bond motifs is 1. The Hall–Kier alpha value is -1.75. The van der Waals surface area contributed by atoms with Gasteiger partial charge in [-0.2, -0.15) is 0 Å². The Morgan fingerprint density at radius 3 is 2.90 bits per heavy atom. The van der Waals surface area contributed by atoms with Crippen LogP contribution in [-0.4, -0.2) is 28.3 Å². The van der Waals surface area contributed by atoms with Crippen LogP contribution < -0.4 is 5.56 Å². The lowest BCUT2D eigenvalue weighted by molar-refractivity contribution is 0.0689. The normalized spacial score (nSPS) is 17.6. The summed E-state index contributed by atoms with van der Waals surface area (Å²) in [4.78, 5) is 21.0. The van der Waals surface area contributed by atoms with Gasteiger partial charge < -0.3 is 4.74 Å². The summed E-state index contributed by atoms with van der Waals surface area (Å²) < 4.78 is 7.07. The Labute approximate surface area is 117 Å². The van der Waals surface area contributed by atoms with E-state index in [1.54, 1.807) is 30.3 Å². The van der Waals surface area contributed by atoms with Crippen molar-refractivity contribution in [3.63, 3.8) is 0 Å². The number of aromatic nitrogens is 3. The highest BCUT2D eigenvalue weighted by atomic mass is 16.5. The van der Waals surface area contributed by atoms with Crippen LogP contribution in [0.2, 0.25) is 0 Å². The number of methoxy groups -OCH3 is 1. The van der Waals surface area contributed by atoms with Gasteiger partial charge in [0.05, 0.1) is 18.5 Å². The highest BCUT2D eigenvalue weighted by molar-refractivity contribution is 5.71. The molecule has 0 N–H and O–H groups in total. The van der Waals surface area contributed by atoms with Crippen molar-refractivity contribution in [1.29, 1.82) is 0 Å². The second-order valence-electron chi connectivity index (χ2n) is 5.69. The summed E-state index contributed by atoms with van der Waals surface area (Å²) in [5.41, 5.74) is 1.11. The minimum Gasteiger partial charge on any atom is -0.384 e. The van der Waals surface area contributed by atoms with Crippen LogP contribution in [0.3, 0.4) is 0 Å². The summed E-state index contributed by atoms with van der Waals surface area (Å²) in [6.45, 7) is 1.36. The quantitative estimate of drug-likeness (QED) is 0.855. The maximum atomic E-state index is 12.5. The molecule has 0 atom stereocenters. The van der Waals surface area contributed by atoms with Crippen molar-refractivity contribution in [2.75, 3.05) is 13.7 Å². The zero-order valence-corrected chi connectivity index (χ0v) is 11.7. The van der Waals surface area contributed by atoms with Crippen molar-refractivity contribution in [2.45, 2.75) is 32.2 Å². The van der Waals surface area contributed by atoms with Gasteiger partial charge in [0.25, 0.3) is 5.56 Å². The highest BCUT2D eigenvalue weighted by Gasteiger charge is 2.34. The topological polar surface area (TPSA) is 57.0 Å². The lowest BCUT2D eigenvalue weighted by atomic mass is 9.87. The van der Waals surface area contributed by atoms with Gasteiger partial charge in [-0.3, -0.25) is 9.36 Å². The zero-order chi connectivity index (χ0) is 14.0. The molecule has 1 aliphatic rings. The first-order chi connectivity index (χ1) is 9.74. The first kappa shape index (κ1) is 13.2. The molecule has 3 rings (SSSR count). The van der Waals surface area contributed by atoms with Crippen LogP contribution in [0.15, 0.2) is 29.5 Å². The zero-order valence-electron chi connectivity index (χ0n) is 11.7. The fourth-order valence-electron chi connectivity index (χ4n) is 3.24. The van der Waals surface area contributed by atoms with Crippen LogP contribution >= 0.6 is 0 Å². The Balaban J connectivity index is 1.98. The Morgan fingerprint density at radius 1 is 1.35 bits per heavy atom. The molecule has 106 valence electrons. The second-order valence-corrected chi connectivity index (χ2v) is 5.69. The average Bonchev–Trinajstić information content (AvgIpc) is 2.91. The summed E-state index contributed by atoms with van der Waals surface area (Å²) in [6.07, 6.45) is 7.90. The van der Waals surface area contributed by atoms with E-state index in [9.17, 15) is 4.79 Å². The Morgan fingerprint density at radius 2 is 2.15 bits per heavy atom. The van der Waals surface area contributed by atoms with Gasteiger partial charge in [-0.05, 0) is 25.0 Å². The predicted molar refractivity (Wildman–Crippen MR) is 76.6 cm³/mol. The number of rotatable bonds is 4. The molecule has 0 aliphatic heterocycles. The van der Waals surface area contributed by atoms with Crippen molar-refractivity contribution in [3.8, 4) is 0 Å². The molecular formula is C15H19N3O2. The van der Waals surface area contributed by atoms with Gasteiger partial charge in [0.15, 0.2) is 5.52 Å². The highest BCUT2D eigenvalue weighted by Crippen LogP contribution is 2.39. The summed E-state index contributed by atoms with van der Waals surface area (Å²) in [5, 5.41) is 0. The summed E-state index contributed by atoms with van der Waals surface area (Å²) >= 11 is 0. The Bertz CT molecular complexity index is 659. The van der Waals surface area contributed by atoms with Crippen LogP contribution in [0.4, 0.5) is 0 Å². The van der Waals surface area contributed by atoms with E-state index in [1.165, 1.54) is 12.8 Å². The van der Waals surface area contributed by atoms with Gasteiger partial charge >= 0.3 is 0 Å². The first-order valence-electron chi connectivity index (χ1n) is 7.03. The number of hydrogen-bond donors (Lipinski definition) is 0. The van der Waals surface area contributed by atoms with Crippen molar-refractivity contribution < 1.29 is 4.74 Å². The third kappa shape index (κ3) is 2.33. The third-order valence-electron chi connectivity index (χ3n) is 4.21. The van der Waals surface area contributed by atoms with E-state index in [-0.39, 0.29) is 11.0 Å². The Kier molecular flexibility index (Phi) is 3.53. The van der Waals surface area contributed by atoms with E-state index in [0.717, 1.165) is 12.8 Å². The van der Waals surface area contributed by atoms with Crippen molar-refractivity contribution in [1.82, 2.24) is 14.5 Å². The molecule has 0 amide bonds. The molecule has 20 heavy (non-hydrogen) atoms. The van der Waals surface area contributed by atoms with Gasteiger partial charge in [0.1, 0.15) is 0 Å². The largest absolute Gasteiger partial charge is 0.384 e. The molecule has 2 heterocycles. The molecule has 2 aromatic heterocycles. The van der Waals surface area contributed by atoms with Gasteiger partial charge in [0, 0.05) is 25.3 Å². The SMILES string of the molecule is COCC1(Cn2cnc3cccnc3c2=O)CCCC1.